The smallest absolute Gasteiger partial charge is 0.271 e. The highest BCUT2D eigenvalue weighted by molar-refractivity contribution is 5.93. The van der Waals surface area contributed by atoms with E-state index in [4.69, 9.17) is 0 Å². The van der Waals surface area contributed by atoms with Crippen LogP contribution < -0.4 is 0 Å². The maximum Gasteiger partial charge on any atom is 0.271 e. The highest BCUT2D eigenvalue weighted by atomic mass is 16.3. The van der Waals surface area contributed by atoms with Crippen molar-refractivity contribution >= 4 is 5.91 Å². The minimum atomic E-state index is -0.297. The van der Waals surface area contributed by atoms with Gasteiger partial charge in [0.15, 0.2) is 0 Å². The summed E-state index contributed by atoms with van der Waals surface area (Å²) in [5, 5.41) is 16.7. The van der Waals surface area contributed by atoms with Crippen LogP contribution in [-0.4, -0.2) is 45.3 Å². The van der Waals surface area contributed by atoms with Crippen LogP contribution in [0.4, 0.5) is 0 Å². The van der Waals surface area contributed by atoms with Crippen molar-refractivity contribution in [3.8, 4) is 11.3 Å². The first-order chi connectivity index (χ1) is 10.6. The van der Waals surface area contributed by atoms with Gasteiger partial charge in [-0.15, -0.1) is 0 Å². The van der Waals surface area contributed by atoms with Gasteiger partial charge in [-0.3, -0.25) is 9.89 Å². The molecule has 1 aliphatic heterocycles. The Balaban J connectivity index is 1.68. The fourth-order valence-corrected chi connectivity index (χ4v) is 2.94. The van der Waals surface area contributed by atoms with E-state index in [1.54, 1.807) is 6.07 Å². The fraction of sp³-hybridized carbons (Fsp3) is 0.412. The molecule has 1 unspecified atom stereocenters. The van der Waals surface area contributed by atoms with E-state index in [0.717, 1.165) is 24.1 Å². The third-order valence-corrected chi connectivity index (χ3v) is 4.39. The first-order valence-electron chi connectivity index (χ1n) is 7.73. The third-order valence-electron chi connectivity index (χ3n) is 4.39. The molecular formula is C17H21N3O2. The van der Waals surface area contributed by atoms with Crippen LogP contribution in [0.2, 0.25) is 0 Å². The van der Waals surface area contributed by atoms with Gasteiger partial charge in [0.25, 0.3) is 5.91 Å². The number of aromatic amines is 1. The lowest BCUT2D eigenvalue weighted by atomic mass is 9.92. The number of aromatic nitrogens is 2. The number of rotatable bonds is 3. The van der Waals surface area contributed by atoms with Gasteiger partial charge in [0.2, 0.25) is 0 Å². The van der Waals surface area contributed by atoms with Crippen LogP contribution in [0.15, 0.2) is 36.4 Å². The largest absolute Gasteiger partial charge is 0.393 e. The molecule has 5 nitrogen and oxygen atoms in total. The van der Waals surface area contributed by atoms with Crippen molar-refractivity contribution in [2.75, 3.05) is 13.1 Å². The van der Waals surface area contributed by atoms with Crippen LogP contribution in [-0.2, 0) is 0 Å². The first-order valence-corrected chi connectivity index (χ1v) is 7.73. The molecule has 2 N–H and O–H groups in total. The van der Waals surface area contributed by atoms with Crippen molar-refractivity contribution in [3.63, 3.8) is 0 Å². The van der Waals surface area contributed by atoms with E-state index in [2.05, 4.69) is 10.2 Å². The average molecular weight is 299 g/mol. The Bertz CT molecular complexity index is 628. The van der Waals surface area contributed by atoms with Gasteiger partial charge in [-0.2, -0.15) is 5.10 Å². The van der Waals surface area contributed by atoms with E-state index in [1.165, 1.54) is 0 Å². The second-order valence-corrected chi connectivity index (χ2v) is 5.90. The number of aliphatic hydroxyl groups is 1. The summed E-state index contributed by atoms with van der Waals surface area (Å²) >= 11 is 0. The van der Waals surface area contributed by atoms with E-state index in [-0.39, 0.29) is 12.0 Å². The summed E-state index contributed by atoms with van der Waals surface area (Å²) in [6.07, 6.45) is 1.40. The number of benzene rings is 1. The summed E-state index contributed by atoms with van der Waals surface area (Å²) in [5.41, 5.74) is 2.29. The van der Waals surface area contributed by atoms with Crippen LogP contribution in [0.3, 0.4) is 0 Å². The molecule has 1 aliphatic rings. The van der Waals surface area contributed by atoms with Crippen molar-refractivity contribution in [2.24, 2.45) is 5.92 Å². The summed E-state index contributed by atoms with van der Waals surface area (Å²) < 4.78 is 0. The van der Waals surface area contributed by atoms with E-state index in [9.17, 15) is 9.90 Å². The molecule has 1 fully saturated rings. The molecule has 0 saturated carbocycles. The second kappa shape index (κ2) is 6.32. The monoisotopic (exact) mass is 299 g/mol. The zero-order chi connectivity index (χ0) is 15.5. The fourth-order valence-electron chi connectivity index (χ4n) is 2.94. The Morgan fingerprint density at radius 3 is 2.64 bits per heavy atom. The number of nitrogens with zero attached hydrogens (tertiary/aromatic N) is 2. The molecular weight excluding hydrogens is 278 g/mol. The van der Waals surface area contributed by atoms with Crippen molar-refractivity contribution in [1.29, 1.82) is 0 Å². The predicted octanol–water partition coefficient (Wildman–Crippen LogP) is 2.31. The molecule has 1 amide bonds. The molecule has 5 heteroatoms. The summed E-state index contributed by atoms with van der Waals surface area (Å²) in [4.78, 5) is 14.3. The Morgan fingerprint density at radius 2 is 2.00 bits per heavy atom. The standard InChI is InChI=1S/C17H21N3O2/c1-12(21)13-7-9-20(10-8-13)17(22)16-11-15(18-19-16)14-5-3-2-4-6-14/h2-6,11-13,21H,7-10H2,1H3,(H,18,19). The number of H-pyrrole nitrogens is 1. The summed E-state index contributed by atoms with van der Waals surface area (Å²) in [5.74, 6) is 0.282. The maximum atomic E-state index is 12.5. The van der Waals surface area contributed by atoms with Gasteiger partial charge in [-0.05, 0) is 31.7 Å². The highest BCUT2D eigenvalue weighted by Crippen LogP contribution is 2.23. The van der Waals surface area contributed by atoms with Crippen LogP contribution in [0.5, 0.6) is 0 Å². The number of hydrogen-bond acceptors (Lipinski definition) is 3. The molecule has 22 heavy (non-hydrogen) atoms. The van der Waals surface area contributed by atoms with Gasteiger partial charge < -0.3 is 10.0 Å². The quantitative estimate of drug-likeness (QED) is 0.913. The third kappa shape index (κ3) is 3.04. The highest BCUT2D eigenvalue weighted by Gasteiger charge is 2.26. The topological polar surface area (TPSA) is 69.2 Å². The number of likely N-dealkylation sites (tertiary alicyclic amines) is 1. The normalized spacial score (nSPS) is 17.5. The lowest BCUT2D eigenvalue weighted by Gasteiger charge is -2.32. The molecule has 3 rings (SSSR count). The molecule has 0 aliphatic carbocycles. The minimum Gasteiger partial charge on any atom is -0.393 e. The molecule has 0 radical (unpaired) electrons. The Kier molecular flexibility index (Phi) is 4.24. The number of carbonyl (C=O) groups excluding carboxylic acids is 1. The molecule has 1 aromatic carbocycles. The molecule has 2 heterocycles. The number of aliphatic hydroxyl groups excluding tert-OH is 1. The van der Waals surface area contributed by atoms with E-state index < -0.39 is 0 Å². The molecule has 0 bridgehead atoms. The molecule has 0 spiro atoms. The predicted molar refractivity (Wildman–Crippen MR) is 84.3 cm³/mol. The summed E-state index contributed by atoms with van der Waals surface area (Å²) in [7, 11) is 0. The Morgan fingerprint density at radius 1 is 1.32 bits per heavy atom. The van der Waals surface area contributed by atoms with Gasteiger partial charge in [-0.1, -0.05) is 30.3 Å². The zero-order valence-electron chi connectivity index (χ0n) is 12.7. The lowest BCUT2D eigenvalue weighted by molar-refractivity contribution is 0.0517. The second-order valence-electron chi connectivity index (χ2n) is 5.90. The van der Waals surface area contributed by atoms with Crippen molar-refractivity contribution in [2.45, 2.75) is 25.9 Å². The molecule has 1 aromatic heterocycles. The van der Waals surface area contributed by atoms with E-state index in [1.807, 2.05) is 42.2 Å². The number of carbonyl (C=O) groups is 1. The minimum absolute atomic E-state index is 0.0151. The van der Waals surface area contributed by atoms with Crippen LogP contribution in [0.1, 0.15) is 30.3 Å². The summed E-state index contributed by atoms with van der Waals surface area (Å²) in [6.45, 7) is 3.20. The van der Waals surface area contributed by atoms with Crippen molar-refractivity contribution < 1.29 is 9.90 Å². The Hall–Kier alpha value is -2.14. The summed E-state index contributed by atoms with van der Waals surface area (Å²) in [6, 6.07) is 11.6. The van der Waals surface area contributed by atoms with Crippen molar-refractivity contribution in [1.82, 2.24) is 15.1 Å². The molecule has 1 saturated heterocycles. The Labute approximate surface area is 130 Å². The van der Waals surface area contributed by atoms with Crippen molar-refractivity contribution in [3.05, 3.63) is 42.1 Å². The van der Waals surface area contributed by atoms with E-state index in [0.29, 0.717) is 24.7 Å². The number of hydrogen-bond donors (Lipinski definition) is 2. The van der Waals surface area contributed by atoms with Gasteiger partial charge >= 0.3 is 0 Å². The van der Waals surface area contributed by atoms with Crippen LogP contribution in [0, 0.1) is 5.92 Å². The van der Waals surface area contributed by atoms with Gasteiger partial charge in [0.1, 0.15) is 5.69 Å². The molecule has 116 valence electrons. The van der Waals surface area contributed by atoms with Gasteiger partial charge in [0.05, 0.1) is 11.8 Å². The lowest BCUT2D eigenvalue weighted by Crippen LogP contribution is -2.40. The SMILES string of the molecule is CC(O)C1CCN(C(=O)c2cc(-c3ccccc3)n[nH]2)CC1. The maximum absolute atomic E-state index is 12.5. The van der Waals surface area contributed by atoms with Crippen LogP contribution >= 0.6 is 0 Å². The van der Waals surface area contributed by atoms with Gasteiger partial charge in [0, 0.05) is 18.7 Å². The number of nitrogens with one attached hydrogen (secondary N) is 1. The van der Waals surface area contributed by atoms with Crippen LogP contribution in [0.25, 0.3) is 11.3 Å². The van der Waals surface area contributed by atoms with E-state index >= 15 is 0 Å². The molecule has 2 aromatic rings. The van der Waals surface area contributed by atoms with Gasteiger partial charge in [-0.25, -0.2) is 0 Å². The number of amides is 1. The average Bonchev–Trinajstić information content (AvgIpc) is 3.05. The molecule has 1 atom stereocenters. The number of piperidine rings is 1. The zero-order valence-corrected chi connectivity index (χ0v) is 12.7. The first kappa shape index (κ1) is 14.8.